The molecule has 0 radical (unpaired) electrons. The SMILES string of the molecule is COC(=O)C1=CC2=COC3=C(CCCC3=N)SC2C=C1. The van der Waals surface area contributed by atoms with Gasteiger partial charge in [0, 0.05) is 10.5 Å². The van der Waals surface area contributed by atoms with Crippen molar-refractivity contribution in [1.29, 1.82) is 5.41 Å². The minimum absolute atomic E-state index is 0.141. The number of ether oxygens (including phenoxy) is 2. The largest absolute Gasteiger partial charge is 0.465 e. The van der Waals surface area contributed by atoms with E-state index in [-0.39, 0.29) is 11.2 Å². The number of carbonyl (C=O) groups is 1. The van der Waals surface area contributed by atoms with Crippen LogP contribution in [0.5, 0.6) is 0 Å². The van der Waals surface area contributed by atoms with Crippen LogP contribution >= 0.6 is 11.8 Å². The van der Waals surface area contributed by atoms with Gasteiger partial charge in [-0.25, -0.2) is 4.79 Å². The maximum atomic E-state index is 11.6. The number of hydrogen-bond donors (Lipinski definition) is 1. The van der Waals surface area contributed by atoms with Crippen molar-refractivity contribution < 1.29 is 14.3 Å². The average Bonchev–Trinajstić information content (AvgIpc) is 2.65. The molecule has 4 nitrogen and oxygen atoms in total. The predicted molar refractivity (Wildman–Crippen MR) is 78.4 cm³/mol. The topological polar surface area (TPSA) is 59.4 Å². The Kier molecular flexibility index (Phi) is 3.53. The number of fused-ring (bicyclic) bond motifs is 1. The number of allylic oxidation sites excluding steroid dienone is 3. The number of nitrogens with one attached hydrogen (secondary N) is 1. The summed E-state index contributed by atoms with van der Waals surface area (Å²) < 4.78 is 10.4. The van der Waals surface area contributed by atoms with Crippen molar-refractivity contribution in [3.63, 3.8) is 0 Å². The van der Waals surface area contributed by atoms with Gasteiger partial charge in [-0.15, -0.1) is 11.8 Å². The first-order chi connectivity index (χ1) is 9.69. The van der Waals surface area contributed by atoms with Crippen molar-refractivity contribution in [3.8, 4) is 0 Å². The van der Waals surface area contributed by atoms with Crippen molar-refractivity contribution >= 4 is 23.4 Å². The lowest BCUT2D eigenvalue weighted by Crippen LogP contribution is -2.12. The van der Waals surface area contributed by atoms with Crippen LogP contribution in [0, 0.1) is 5.41 Å². The van der Waals surface area contributed by atoms with Gasteiger partial charge in [-0.3, -0.25) is 0 Å². The zero-order chi connectivity index (χ0) is 14.1. The van der Waals surface area contributed by atoms with Crippen LogP contribution in [0.25, 0.3) is 0 Å². The molecule has 0 spiro atoms. The Morgan fingerprint density at radius 1 is 1.50 bits per heavy atom. The molecule has 1 heterocycles. The Labute approximate surface area is 121 Å². The maximum absolute atomic E-state index is 11.6. The Hall–Kier alpha value is -1.75. The van der Waals surface area contributed by atoms with Crippen LogP contribution in [-0.2, 0) is 14.3 Å². The van der Waals surface area contributed by atoms with Gasteiger partial charge in [-0.1, -0.05) is 12.2 Å². The zero-order valence-electron chi connectivity index (χ0n) is 11.1. The summed E-state index contributed by atoms with van der Waals surface area (Å²) in [5.74, 6) is 0.352. The van der Waals surface area contributed by atoms with Crippen LogP contribution in [0.2, 0.25) is 0 Å². The molecule has 0 aromatic carbocycles. The molecule has 0 saturated carbocycles. The molecule has 1 N–H and O–H groups in total. The van der Waals surface area contributed by atoms with Crippen molar-refractivity contribution in [3.05, 3.63) is 46.3 Å². The number of rotatable bonds is 1. The summed E-state index contributed by atoms with van der Waals surface area (Å²) in [5.41, 5.74) is 2.02. The number of methoxy groups -OCH3 is 1. The molecule has 0 aromatic rings. The van der Waals surface area contributed by atoms with E-state index in [4.69, 9.17) is 14.9 Å². The monoisotopic (exact) mass is 289 g/mol. The van der Waals surface area contributed by atoms with Crippen molar-refractivity contribution in [2.75, 3.05) is 7.11 Å². The Morgan fingerprint density at radius 3 is 3.15 bits per heavy atom. The fourth-order valence-electron chi connectivity index (χ4n) is 2.42. The van der Waals surface area contributed by atoms with Crippen molar-refractivity contribution in [1.82, 2.24) is 0 Å². The molecule has 0 fully saturated rings. The van der Waals surface area contributed by atoms with Gasteiger partial charge in [-0.2, -0.15) is 0 Å². The Morgan fingerprint density at radius 2 is 2.35 bits per heavy atom. The second-order valence-electron chi connectivity index (χ2n) is 4.81. The van der Waals surface area contributed by atoms with E-state index in [1.807, 2.05) is 6.08 Å². The van der Waals surface area contributed by atoms with Crippen molar-refractivity contribution in [2.45, 2.75) is 24.5 Å². The van der Waals surface area contributed by atoms with Crippen molar-refractivity contribution in [2.24, 2.45) is 0 Å². The third-order valence-corrected chi connectivity index (χ3v) is 4.82. The zero-order valence-corrected chi connectivity index (χ0v) is 12.0. The lowest BCUT2D eigenvalue weighted by Gasteiger charge is -2.20. The fraction of sp³-hybridized carbons (Fsp3) is 0.333. The molecular weight excluding hydrogens is 274 g/mol. The van der Waals surface area contributed by atoms with Gasteiger partial charge >= 0.3 is 5.97 Å². The van der Waals surface area contributed by atoms with E-state index in [1.165, 1.54) is 7.11 Å². The molecule has 0 aromatic heterocycles. The first-order valence-corrected chi connectivity index (χ1v) is 7.39. The van der Waals surface area contributed by atoms with E-state index in [2.05, 4.69) is 0 Å². The second-order valence-corrected chi connectivity index (χ2v) is 6.05. The minimum Gasteiger partial charge on any atom is -0.465 e. The van der Waals surface area contributed by atoms with E-state index in [0.717, 1.165) is 29.7 Å². The molecule has 0 saturated heterocycles. The van der Waals surface area contributed by atoms with E-state index < -0.39 is 0 Å². The fourth-order valence-corrected chi connectivity index (χ4v) is 3.68. The standard InChI is InChI=1S/C15H15NO3S/c1-18-15(17)9-5-6-12-10(7-9)8-19-14-11(16)3-2-4-13(14)20-12/h5-8,12,16H,2-4H2,1H3. The first-order valence-electron chi connectivity index (χ1n) is 6.51. The van der Waals surface area contributed by atoms with Gasteiger partial charge in [0.05, 0.1) is 29.9 Å². The molecule has 1 aliphatic heterocycles. The first kappa shape index (κ1) is 13.2. The highest BCUT2D eigenvalue weighted by molar-refractivity contribution is 8.04. The molecule has 0 amide bonds. The third kappa shape index (κ3) is 2.33. The highest BCUT2D eigenvalue weighted by Gasteiger charge is 2.28. The number of hydrogen-bond acceptors (Lipinski definition) is 5. The molecule has 20 heavy (non-hydrogen) atoms. The second kappa shape index (κ2) is 5.32. The Bertz CT molecular complexity index is 598. The van der Waals surface area contributed by atoms with Gasteiger partial charge in [0.2, 0.25) is 0 Å². The van der Waals surface area contributed by atoms with Crippen LogP contribution in [0.4, 0.5) is 0 Å². The summed E-state index contributed by atoms with van der Waals surface area (Å²) in [6.07, 6.45) is 9.97. The maximum Gasteiger partial charge on any atom is 0.337 e. The highest BCUT2D eigenvalue weighted by Crippen LogP contribution is 2.41. The molecule has 5 heteroatoms. The molecule has 2 aliphatic carbocycles. The number of esters is 1. The summed E-state index contributed by atoms with van der Waals surface area (Å²) in [5, 5.41) is 8.12. The van der Waals surface area contributed by atoms with Gasteiger partial charge < -0.3 is 14.9 Å². The summed E-state index contributed by atoms with van der Waals surface area (Å²) in [4.78, 5) is 12.7. The van der Waals surface area contributed by atoms with Crippen LogP contribution in [0.15, 0.2) is 46.3 Å². The van der Waals surface area contributed by atoms with E-state index in [0.29, 0.717) is 17.0 Å². The molecule has 1 atom stereocenters. The summed E-state index contributed by atoms with van der Waals surface area (Å²) in [6.45, 7) is 0. The average molecular weight is 289 g/mol. The molecular formula is C15H15NO3S. The quantitative estimate of drug-likeness (QED) is 0.754. The lowest BCUT2D eigenvalue weighted by atomic mass is 10.0. The van der Waals surface area contributed by atoms with Crippen LogP contribution in [0.3, 0.4) is 0 Å². The molecule has 3 rings (SSSR count). The summed E-state index contributed by atoms with van der Waals surface area (Å²) in [7, 11) is 1.37. The molecule has 1 unspecified atom stereocenters. The molecule has 0 bridgehead atoms. The predicted octanol–water partition coefficient (Wildman–Crippen LogP) is 3.09. The van der Waals surface area contributed by atoms with Gasteiger partial charge in [0.25, 0.3) is 0 Å². The number of thioether (sulfide) groups is 1. The van der Waals surface area contributed by atoms with Gasteiger partial charge in [0.1, 0.15) is 0 Å². The van der Waals surface area contributed by atoms with E-state index >= 15 is 0 Å². The molecule has 104 valence electrons. The van der Waals surface area contributed by atoms with Crippen LogP contribution < -0.4 is 0 Å². The van der Waals surface area contributed by atoms with E-state index in [1.54, 1.807) is 30.2 Å². The smallest absolute Gasteiger partial charge is 0.337 e. The Balaban J connectivity index is 1.90. The van der Waals surface area contributed by atoms with Gasteiger partial charge in [0.15, 0.2) is 5.76 Å². The lowest BCUT2D eigenvalue weighted by molar-refractivity contribution is -0.135. The van der Waals surface area contributed by atoms with Crippen LogP contribution in [0.1, 0.15) is 19.3 Å². The third-order valence-electron chi connectivity index (χ3n) is 3.46. The number of carbonyl (C=O) groups excluding carboxylic acids is 1. The highest BCUT2D eigenvalue weighted by atomic mass is 32.2. The normalized spacial score (nSPS) is 24.9. The van der Waals surface area contributed by atoms with E-state index in [9.17, 15) is 4.79 Å². The van der Waals surface area contributed by atoms with Crippen LogP contribution in [-0.4, -0.2) is 24.0 Å². The van der Waals surface area contributed by atoms with Gasteiger partial charge in [-0.05, 0) is 25.3 Å². The summed E-state index contributed by atoms with van der Waals surface area (Å²) in [6, 6.07) is 0. The molecule has 3 aliphatic rings. The minimum atomic E-state index is -0.347. The summed E-state index contributed by atoms with van der Waals surface area (Å²) >= 11 is 1.71.